The number of hydrogen-bond acceptors (Lipinski definition) is 0. The van der Waals surface area contributed by atoms with Gasteiger partial charge in [0.1, 0.15) is 0 Å². The number of benzene rings is 1. The Morgan fingerprint density at radius 1 is 0.760 bits per heavy atom. The molecule has 5 rings (SSSR count). The Hall–Kier alpha value is 0.0187. The third-order valence-corrected chi connectivity index (χ3v) is 17.1. The summed E-state index contributed by atoms with van der Waals surface area (Å²) < 4.78 is 1.18. The molecule has 1 heteroatoms. The first kappa shape index (κ1) is 17.1. The zero-order valence-corrected chi connectivity index (χ0v) is 19.5. The van der Waals surface area contributed by atoms with Crippen LogP contribution in [0.4, 0.5) is 0 Å². The van der Waals surface area contributed by atoms with Crippen molar-refractivity contribution in [2.75, 3.05) is 0 Å². The van der Waals surface area contributed by atoms with Gasteiger partial charge in [-0.2, -0.15) is 0 Å². The van der Waals surface area contributed by atoms with Crippen LogP contribution >= 0.6 is 0 Å². The molecule has 0 nitrogen and oxygen atoms in total. The van der Waals surface area contributed by atoms with Crippen LogP contribution in [0.1, 0.15) is 55.6 Å². The van der Waals surface area contributed by atoms with Crippen LogP contribution in [0, 0.1) is 42.4 Å². The van der Waals surface area contributed by atoms with Crippen LogP contribution < -0.4 is 0 Å². The van der Waals surface area contributed by atoms with E-state index < -0.39 is 18.4 Å². The Bertz CT molecular complexity index is 656. The Morgan fingerprint density at radius 3 is 2.08 bits per heavy atom. The minimum absolute atomic E-state index is 0.903. The van der Waals surface area contributed by atoms with Crippen LogP contribution in [-0.4, -0.2) is 18.4 Å². The number of rotatable bonds is 3. The molecule has 4 aliphatic rings. The molecule has 0 aliphatic heterocycles. The summed E-state index contributed by atoms with van der Waals surface area (Å²) in [5.41, 5.74) is 3.31. The van der Waals surface area contributed by atoms with E-state index in [0.29, 0.717) is 0 Å². The molecule has 8 atom stereocenters. The molecule has 136 valence electrons. The summed E-state index contributed by atoms with van der Waals surface area (Å²) in [6.07, 6.45) is 9.39. The Morgan fingerprint density at radius 2 is 1.36 bits per heavy atom. The summed E-state index contributed by atoms with van der Waals surface area (Å²) >= 11 is -1.88. The average Bonchev–Trinajstić information content (AvgIpc) is 3.32. The minimum atomic E-state index is -1.88. The van der Waals surface area contributed by atoms with E-state index in [9.17, 15) is 0 Å². The fourth-order valence-electron chi connectivity index (χ4n) is 8.49. The standard InChI is InChI=1S/C21H27.3CH3.Sn/c1-13-4-2-3-5-18(13)20-16-8-9-17(12-16)21(20)19-11-14-6-7-15(19)10-14;;;;/h2-5,11,14-17,19-21H,6-10,12H2,1H3;3*1H3;/t14-,15+,16-,17+,19+,20-,21+;;;;/m0..../s1. The molecule has 1 aromatic rings. The van der Waals surface area contributed by atoms with Crippen LogP contribution in [-0.2, 0) is 0 Å². The summed E-state index contributed by atoms with van der Waals surface area (Å²) in [6, 6.07) is 9.43. The molecule has 4 fully saturated rings. The maximum absolute atomic E-state index is 2.75. The van der Waals surface area contributed by atoms with Gasteiger partial charge in [-0.1, -0.05) is 0 Å². The second-order valence-corrected chi connectivity index (χ2v) is 26.5. The van der Waals surface area contributed by atoms with Crippen LogP contribution in [0.5, 0.6) is 0 Å². The van der Waals surface area contributed by atoms with Crippen molar-refractivity contribution in [1.29, 1.82) is 0 Å². The van der Waals surface area contributed by atoms with Crippen molar-refractivity contribution >= 4 is 18.4 Å². The van der Waals surface area contributed by atoms with Gasteiger partial charge in [-0.3, -0.25) is 0 Å². The molecule has 0 spiro atoms. The molecule has 4 aliphatic carbocycles. The van der Waals surface area contributed by atoms with E-state index in [1.54, 1.807) is 43.2 Å². The summed E-state index contributed by atoms with van der Waals surface area (Å²) in [6.45, 7) is 2.37. The number of hydrogen-bond donors (Lipinski definition) is 0. The van der Waals surface area contributed by atoms with Gasteiger partial charge in [-0.25, -0.2) is 0 Å². The Kier molecular flexibility index (Phi) is 4.12. The van der Waals surface area contributed by atoms with Crippen LogP contribution in [0.3, 0.4) is 0 Å². The normalized spacial score (nSPS) is 45.4. The van der Waals surface area contributed by atoms with Crippen molar-refractivity contribution in [1.82, 2.24) is 0 Å². The summed E-state index contributed by atoms with van der Waals surface area (Å²) in [5.74, 6) is 7.34. The van der Waals surface area contributed by atoms with Crippen molar-refractivity contribution < 1.29 is 0 Å². The van der Waals surface area contributed by atoms with Crippen molar-refractivity contribution in [3.8, 4) is 0 Å². The predicted octanol–water partition coefficient (Wildman–Crippen LogP) is 6.88. The third-order valence-electron chi connectivity index (χ3n) is 8.95. The van der Waals surface area contributed by atoms with Crippen LogP contribution in [0.15, 0.2) is 24.3 Å². The van der Waals surface area contributed by atoms with Crippen molar-refractivity contribution in [3.05, 3.63) is 35.4 Å². The zero-order valence-electron chi connectivity index (χ0n) is 16.7. The van der Waals surface area contributed by atoms with Gasteiger partial charge in [0.05, 0.1) is 0 Å². The monoisotopic (exact) mass is 444 g/mol. The quantitative estimate of drug-likeness (QED) is 0.447. The molecule has 0 amide bonds. The van der Waals surface area contributed by atoms with Crippen molar-refractivity contribution in [2.45, 2.75) is 70.1 Å². The van der Waals surface area contributed by atoms with E-state index in [1.165, 1.54) is 10.4 Å². The molecule has 0 N–H and O–H groups in total. The van der Waals surface area contributed by atoms with Gasteiger partial charge < -0.3 is 0 Å². The topological polar surface area (TPSA) is 0 Å². The van der Waals surface area contributed by atoms with E-state index in [1.807, 2.05) is 0 Å². The Labute approximate surface area is 159 Å². The van der Waals surface area contributed by atoms with Gasteiger partial charge in [-0.05, 0) is 0 Å². The van der Waals surface area contributed by atoms with E-state index in [4.69, 9.17) is 0 Å². The van der Waals surface area contributed by atoms with Gasteiger partial charge in [-0.15, -0.1) is 0 Å². The molecule has 0 aromatic heterocycles. The molecule has 0 radical (unpaired) electrons. The average molecular weight is 443 g/mol. The van der Waals surface area contributed by atoms with E-state index >= 15 is 0 Å². The second kappa shape index (κ2) is 6.01. The van der Waals surface area contributed by atoms with Crippen molar-refractivity contribution in [2.24, 2.45) is 35.5 Å². The van der Waals surface area contributed by atoms with Gasteiger partial charge >= 0.3 is 159 Å². The first-order chi connectivity index (χ1) is 11.9. The second-order valence-electron chi connectivity index (χ2n) is 11.1. The zero-order chi connectivity index (χ0) is 17.3. The molecule has 4 saturated carbocycles. The predicted molar refractivity (Wildman–Crippen MR) is 110 cm³/mol. The first-order valence-corrected chi connectivity index (χ1v) is 21.2. The fourth-order valence-corrected chi connectivity index (χ4v) is 18.1. The number of fused-ring (bicyclic) bond motifs is 4. The van der Waals surface area contributed by atoms with Crippen LogP contribution in [0.25, 0.3) is 0 Å². The summed E-state index contributed by atoms with van der Waals surface area (Å²) in [4.78, 5) is 8.26. The molecule has 25 heavy (non-hydrogen) atoms. The number of aryl methyl sites for hydroxylation is 1. The summed E-state index contributed by atoms with van der Waals surface area (Å²) in [7, 11) is 0. The SMILES string of the molecule is Cc1ccccc1[C@@H]1[C@H]2CC[C@H](C2)[C@@H]1[C@H]1[C@@H]2CC[C@@H](C2)[C@H]1[Sn]([CH3])([CH3])[CH3]. The van der Waals surface area contributed by atoms with Gasteiger partial charge in [0.25, 0.3) is 0 Å². The first-order valence-electron chi connectivity index (χ1n) is 11.0. The molecule has 4 bridgehead atoms. The summed E-state index contributed by atoms with van der Waals surface area (Å²) in [5, 5.41) is 0. The molecular formula is C24H36Sn. The van der Waals surface area contributed by atoms with Gasteiger partial charge in [0.15, 0.2) is 0 Å². The van der Waals surface area contributed by atoms with Gasteiger partial charge in [0.2, 0.25) is 0 Å². The van der Waals surface area contributed by atoms with E-state index in [2.05, 4.69) is 46.0 Å². The van der Waals surface area contributed by atoms with Crippen molar-refractivity contribution in [3.63, 3.8) is 0 Å². The molecule has 0 unspecified atom stereocenters. The molecule has 1 aromatic carbocycles. The van der Waals surface area contributed by atoms with E-state index in [0.717, 1.165) is 41.4 Å². The van der Waals surface area contributed by atoms with Gasteiger partial charge in [0, 0.05) is 0 Å². The van der Waals surface area contributed by atoms with E-state index in [-0.39, 0.29) is 0 Å². The Balaban J connectivity index is 1.56. The maximum atomic E-state index is 2.75. The molecular weight excluding hydrogens is 407 g/mol. The molecule has 0 heterocycles. The van der Waals surface area contributed by atoms with Crippen LogP contribution in [0.2, 0.25) is 18.8 Å². The molecule has 0 saturated heterocycles. The third kappa shape index (κ3) is 2.59. The fraction of sp³-hybridized carbons (Fsp3) is 0.750.